The van der Waals surface area contributed by atoms with E-state index in [1.807, 2.05) is 13.0 Å². The SMILES string of the molecule is COCOc1cc(C)c(OCOC)c2c1CC(C(C)C)OC2O. The van der Waals surface area contributed by atoms with Gasteiger partial charge >= 0.3 is 0 Å². The molecule has 0 spiro atoms. The van der Waals surface area contributed by atoms with Gasteiger partial charge in [0.25, 0.3) is 0 Å². The average Bonchev–Trinajstić information content (AvgIpc) is 2.52. The molecule has 1 N–H and O–H groups in total. The van der Waals surface area contributed by atoms with Gasteiger partial charge in [-0.3, -0.25) is 0 Å². The van der Waals surface area contributed by atoms with E-state index in [1.54, 1.807) is 14.2 Å². The van der Waals surface area contributed by atoms with Gasteiger partial charge in [0.05, 0.1) is 11.7 Å². The molecule has 0 saturated carbocycles. The number of aliphatic hydroxyl groups excluding tert-OH is 1. The number of benzene rings is 1. The van der Waals surface area contributed by atoms with Gasteiger partial charge in [-0.2, -0.15) is 0 Å². The van der Waals surface area contributed by atoms with Gasteiger partial charge in [-0.05, 0) is 24.5 Å². The lowest BCUT2D eigenvalue weighted by atomic mass is 9.90. The van der Waals surface area contributed by atoms with Crippen LogP contribution in [0.15, 0.2) is 6.07 Å². The van der Waals surface area contributed by atoms with E-state index in [1.165, 1.54) is 0 Å². The molecule has 0 fully saturated rings. The van der Waals surface area contributed by atoms with E-state index < -0.39 is 6.29 Å². The van der Waals surface area contributed by atoms with Crippen molar-refractivity contribution in [2.75, 3.05) is 27.8 Å². The molecule has 130 valence electrons. The second kappa shape index (κ2) is 7.97. The first-order valence-corrected chi connectivity index (χ1v) is 7.72. The Morgan fingerprint density at radius 2 is 1.87 bits per heavy atom. The fourth-order valence-corrected chi connectivity index (χ4v) is 2.74. The molecule has 1 heterocycles. The summed E-state index contributed by atoms with van der Waals surface area (Å²) < 4.78 is 27.1. The van der Waals surface area contributed by atoms with Crippen LogP contribution in [-0.2, 0) is 20.6 Å². The third kappa shape index (κ3) is 3.95. The van der Waals surface area contributed by atoms with Crippen LogP contribution in [0.25, 0.3) is 0 Å². The van der Waals surface area contributed by atoms with Crippen molar-refractivity contribution in [1.29, 1.82) is 0 Å². The lowest BCUT2D eigenvalue weighted by Gasteiger charge is -2.34. The topological polar surface area (TPSA) is 66.4 Å². The summed E-state index contributed by atoms with van der Waals surface area (Å²) in [6.07, 6.45) is -0.490. The third-order valence-electron chi connectivity index (χ3n) is 3.93. The molecule has 0 aliphatic carbocycles. The Morgan fingerprint density at radius 3 is 2.48 bits per heavy atom. The van der Waals surface area contributed by atoms with E-state index in [0.29, 0.717) is 23.5 Å². The summed E-state index contributed by atoms with van der Waals surface area (Å²) in [6, 6.07) is 1.90. The first kappa shape index (κ1) is 18.0. The van der Waals surface area contributed by atoms with Crippen molar-refractivity contribution in [2.24, 2.45) is 5.92 Å². The van der Waals surface area contributed by atoms with Crippen LogP contribution in [0.5, 0.6) is 11.5 Å². The molecule has 0 radical (unpaired) electrons. The molecule has 1 aliphatic rings. The minimum absolute atomic E-state index is 0.0830. The highest BCUT2D eigenvalue weighted by Crippen LogP contribution is 2.43. The highest BCUT2D eigenvalue weighted by molar-refractivity contribution is 5.55. The number of rotatable bonds is 7. The Hall–Kier alpha value is -1.34. The van der Waals surface area contributed by atoms with E-state index in [4.69, 9.17) is 23.7 Å². The average molecular weight is 326 g/mol. The summed E-state index contributed by atoms with van der Waals surface area (Å²) in [6.45, 7) is 6.27. The summed E-state index contributed by atoms with van der Waals surface area (Å²) in [5.74, 6) is 1.55. The Labute approximate surface area is 137 Å². The summed E-state index contributed by atoms with van der Waals surface area (Å²) in [4.78, 5) is 0. The van der Waals surface area contributed by atoms with Crippen LogP contribution in [-0.4, -0.2) is 39.0 Å². The molecular weight excluding hydrogens is 300 g/mol. The molecule has 6 heteroatoms. The Balaban J connectivity index is 2.48. The molecule has 1 aromatic carbocycles. The fraction of sp³-hybridized carbons (Fsp3) is 0.647. The first-order chi connectivity index (χ1) is 11.0. The first-order valence-electron chi connectivity index (χ1n) is 7.72. The molecule has 0 saturated heterocycles. The van der Waals surface area contributed by atoms with Crippen molar-refractivity contribution in [3.05, 3.63) is 22.8 Å². The molecule has 1 aromatic rings. The van der Waals surface area contributed by atoms with Crippen LogP contribution in [0, 0.1) is 12.8 Å². The number of ether oxygens (including phenoxy) is 5. The van der Waals surface area contributed by atoms with Gasteiger partial charge in [0.1, 0.15) is 11.5 Å². The number of methoxy groups -OCH3 is 2. The molecule has 0 bridgehead atoms. The van der Waals surface area contributed by atoms with Gasteiger partial charge in [-0.15, -0.1) is 0 Å². The van der Waals surface area contributed by atoms with Crippen molar-refractivity contribution < 1.29 is 28.8 Å². The van der Waals surface area contributed by atoms with Crippen LogP contribution in [0.2, 0.25) is 0 Å². The smallest absolute Gasteiger partial charge is 0.188 e. The maximum absolute atomic E-state index is 10.5. The summed E-state index contributed by atoms with van der Waals surface area (Å²) in [5.41, 5.74) is 2.36. The third-order valence-corrected chi connectivity index (χ3v) is 3.93. The normalized spacial score (nSPS) is 20.5. The van der Waals surface area contributed by atoms with Crippen LogP contribution in [0.3, 0.4) is 0 Å². The molecule has 0 amide bonds. The van der Waals surface area contributed by atoms with Gasteiger partial charge in [-0.25, -0.2) is 0 Å². The largest absolute Gasteiger partial charge is 0.467 e. The number of aryl methyl sites for hydroxylation is 1. The lowest BCUT2D eigenvalue weighted by molar-refractivity contribution is -0.162. The highest BCUT2D eigenvalue weighted by atomic mass is 16.7. The Morgan fingerprint density at radius 1 is 1.22 bits per heavy atom. The van der Waals surface area contributed by atoms with E-state index in [-0.39, 0.29) is 25.6 Å². The second-order valence-electron chi connectivity index (χ2n) is 5.99. The zero-order valence-electron chi connectivity index (χ0n) is 14.4. The Kier molecular flexibility index (Phi) is 6.24. The van der Waals surface area contributed by atoms with Gasteiger partial charge in [0.15, 0.2) is 19.9 Å². The van der Waals surface area contributed by atoms with Gasteiger partial charge in [0.2, 0.25) is 0 Å². The maximum atomic E-state index is 10.5. The number of hydrogen-bond acceptors (Lipinski definition) is 6. The highest BCUT2D eigenvalue weighted by Gasteiger charge is 2.34. The van der Waals surface area contributed by atoms with Gasteiger partial charge in [-0.1, -0.05) is 13.8 Å². The molecule has 2 unspecified atom stereocenters. The number of fused-ring (bicyclic) bond motifs is 1. The van der Waals surface area contributed by atoms with Crippen LogP contribution in [0.4, 0.5) is 0 Å². The zero-order chi connectivity index (χ0) is 17.0. The summed E-state index contributed by atoms with van der Waals surface area (Å²) in [7, 11) is 3.13. The summed E-state index contributed by atoms with van der Waals surface area (Å²) in [5, 5.41) is 10.5. The molecule has 0 aromatic heterocycles. The van der Waals surface area contributed by atoms with Crippen LogP contribution >= 0.6 is 0 Å². The molecule has 6 nitrogen and oxygen atoms in total. The summed E-state index contributed by atoms with van der Waals surface area (Å²) >= 11 is 0. The van der Waals surface area contributed by atoms with Gasteiger partial charge in [0, 0.05) is 26.2 Å². The number of aliphatic hydroxyl groups is 1. The van der Waals surface area contributed by atoms with E-state index in [0.717, 1.165) is 11.1 Å². The van der Waals surface area contributed by atoms with E-state index in [9.17, 15) is 5.11 Å². The van der Waals surface area contributed by atoms with Crippen LogP contribution < -0.4 is 9.47 Å². The van der Waals surface area contributed by atoms with Crippen molar-refractivity contribution >= 4 is 0 Å². The molecule has 2 atom stereocenters. The molecular formula is C17H26O6. The van der Waals surface area contributed by atoms with Crippen molar-refractivity contribution in [3.8, 4) is 11.5 Å². The van der Waals surface area contributed by atoms with Gasteiger partial charge < -0.3 is 28.8 Å². The quantitative estimate of drug-likeness (QED) is 0.777. The lowest BCUT2D eigenvalue weighted by Crippen LogP contribution is -2.31. The minimum atomic E-state index is -1.05. The minimum Gasteiger partial charge on any atom is -0.467 e. The van der Waals surface area contributed by atoms with E-state index >= 15 is 0 Å². The van der Waals surface area contributed by atoms with E-state index in [2.05, 4.69) is 13.8 Å². The molecule has 2 rings (SSSR count). The molecule has 1 aliphatic heterocycles. The standard InChI is InChI=1S/C17H26O6/c1-10(2)13-7-12-14(21-8-19-4)6-11(3)16(22-9-20-5)15(12)17(18)23-13/h6,10,13,17-18H,7-9H2,1-5H3. The Bertz CT molecular complexity index is 528. The maximum Gasteiger partial charge on any atom is 0.188 e. The van der Waals surface area contributed by atoms with Crippen molar-refractivity contribution in [1.82, 2.24) is 0 Å². The second-order valence-corrected chi connectivity index (χ2v) is 5.99. The van der Waals surface area contributed by atoms with Crippen LogP contribution in [0.1, 0.15) is 36.8 Å². The predicted octanol–water partition coefficient (Wildman–Crippen LogP) is 2.55. The fourth-order valence-electron chi connectivity index (χ4n) is 2.74. The monoisotopic (exact) mass is 326 g/mol. The van der Waals surface area contributed by atoms with Crippen molar-refractivity contribution in [3.63, 3.8) is 0 Å². The predicted molar refractivity (Wildman–Crippen MR) is 84.6 cm³/mol. The number of hydrogen-bond donors (Lipinski definition) is 1. The van der Waals surface area contributed by atoms with Crippen molar-refractivity contribution in [2.45, 2.75) is 39.6 Å². The molecule has 23 heavy (non-hydrogen) atoms. The zero-order valence-corrected chi connectivity index (χ0v) is 14.4.